The summed E-state index contributed by atoms with van der Waals surface area (Å²) in [7, 11) is 0. The third kappa shape index (κ3) is 2.72. The molecule has 1 fully saturated rings. The lowest BCUT2D eigenvalue weighted by atomic mass is 10.1. The van der Waals surface area contributed by atoms with Crippen LogP contribution in [0.1, 0.15) is 11.1 Å². The van der Waals surface area contributed by atoms with Gasteiger partial charge in [0.25, 0.3) is 6.20 Å². The molecule has 0 aromatic carbocycles. The molecule has 0 unspecified atom stereocenters. The molecule has 6 heteroatoms. The van der Waals surface area contributed by atoms with Gasteiger partial charge in [-0.2, -0.15) is 0 Å². The molecule has 1 aliphatic rings. The van der Waals surface area contributed by atoms with Crippen LogP contribution in [0.5, 0.6) is 0 Å². The minimum absolute atomic E-state index is 0.434. The number of nitrogens with zero attached hydrogens (tertiary/aromatic N) is 3. The summed E-state index contributed by atoms with van der Waals surface area (Å²) in [6.45, 7) is 4.16. The van der Waals surface area contributed by atoms with E-state index in [1.54, 1.807) is 12.4 Å². The smallest absolute Gasteiger partial charge is 0.274 e. The molecular weight excluding hydrogens is 220 g/mol. The molecule has 0 radical (unpaired) electrons. The van der Waals surface area contributed by atoms with Crippen LogP contribution in [-0.4, -0.2) is 27.9 Å². The molecule has 1 aromatic heterocycles. The fraction of sp³-hybridized carbons (Fsp3) is 0.364. The maximum atomic E-state index is 10.5. The van der Waals surface area contributed by atoms with E-state index in [1.165, 1.54) is 0 Å². The van der Waals surface area contributed by atoms with Crippen molar-refractivity contribution < 1.29 is 4.92 Å². The zero-order valence-electron chi connectivity index (χ0n) is 9.59. The Morgan fingerprint density at radius 3 is 3.24 bits per heavy atom. The minimum atomic E-state index is -0.434. The minimum Gasteiger partial charge on any atom is -0.365 e. The van der Waals surface area contributed by atoms with Gasteiger partial charge < -0.3 is 10.2 Å². The Kier molecular flexibility index (Phi) is 3.22. The number of aryl methyl sites for hydroxylation is 1. The summed E-state index contributed by atoms with van der Waals surface area (Å²) in [6, 6.07) is 1.94. The predicted molar refractivity (Wildman–Crippen MR) is 62.5 cm³/mol. The predicted octanol–water partition coefficient (Wildman–Crippen LogP) is 0.871. The first-order valence-electron chi connectivity index (χ1n) is 5.40. The van der Waals surface area contributed by atoms with E-state index in [4.69, 9.17) is 0 Å². The Balaban J connectivity index is 2.13. The highest BCUT2D eigenvalue weighted by atomic mass is 16.6. The summed E-state index contributed by atoms with van der Waals surface area (Å²) in [5.74, 6) is 0.568. The number of hydrogen-bond donors (Lipinski definition) is 1. The third-order valence-electron chi connectivity index (χ3n) is 2.76. The van der Waals surface area contributed by atoms with Crippen LogP contribution in [0, 0.1) is 17.0 Å². The lowest BCUT2D eigenvalue weighted by molar-refractivity contribution is -0.404. The molecule has 2 heterocycles. The van der Waals surface area contributed by atoms with Crippen molar-refractivity contribution in [1.82, 2.24) is 15.2 Å². The van der Waals surface area contributed by atoms with Crippen LogP contribution in [0.3, 0.4) is 0 Å². The SMILES string of the molecule is Cc1ccncc1CN1CCN/C1=C/[N+](=O)[O-]. The second-order valence-corrected chi connectivity index (χ2v) is 3.95. The number of aromatic nitrogens is 1. The summed E-state index contributed by atoms with van der Waals surface area (Å²) < 4.78 is 0. The van der Waals surface area contributed by atoms with Gasteiger partial charge >= 0.3 is 0 Å². The Hall–Kier alpha value is -2.11. The summed E-state index contributed by atoms with van der Waals surface area (Å²) in [5, 5.41) is 13.5. The van der Waals surface area contributed by atoms with E-state index in [1.807, 2.05) is 17.9 Å². The van der Waals surface area contributed by atoms with E-state index >= 15 is 0 Å². The van der Waals surface area contributed by atoms with E-state index in [-0.39, 0.29) is 0 Å². The van der Waals surface area contributed by atoms with E-state index in [2.05, 4.69) is 10.3 Å². The molecule has 17 heavy (non-hydrogen) atoms. The number of nitrogens with one attached hydrogen (secondary N) is 1. The van der Waals surface area contributed by atoms with E-state index in [0.717, 1.165) is 30.4 Å². The second-order valence-electron chi connectivity index (χ2n) is 3.95. The largest absolute Gasteiger partial charge is 0.365 e. The third-order valence-corrected chi connectivity index (χ3v) is 2.76. The molecule has 2 rings (SSSR count). The van der Waals surface area contributed by atoms with Crippen LogP contribution < -0.4 is 5.32 Å². The molecule has 0 amide bonds. The molecule has 0 aliphatic carbocycles. The van der Waals surface area contributed by atoms with Gasteiger partial charge in [0, 0.05) is 32.0 Å². The van der Waals surface area contributed by atoms with Crippen molar-refractivity contribution in [2.45, 2.75) is 13.5 Å². The average Bonchev–Trinajstić information content (AvgIpc) is 2.68. The Morgan fingerprint density at radius 2 is 2.53 bits per heavy atom. The maximum absolute atomic E-state index is 10.5. The van der Waals surface area contributed by atoms with Gasteiger partial charge in [-0.1, -0.05) is 0 Å². The molecule has 1 aliphatic heterocycles. The average molecular weight is 234 g/mol. The molecule has 0 spiro atoms. The number of hydrogen-bond acceptors (Lipinski definition) is 5. The topological polar surface area (TPSA) is 71.3 Å². The molecule has 1 aromatic rings. The highest BCUT2D eigenvalue weighted by Crippen LogP contribution is 2.14. The van der Waals surface area contributed by atoms with Gasteiger partial charge in [-0.05, 0) is 24.1 Å². The summed E-state index contributed by atoms with van der Waals surface area (Å²) in [6.07, 6.45) is 4.56. The molecule has 0 saturated carbocycles. The van der Waals surface area contributed by atoms with Crippen molar-refractivity contribution in [2.75, 3.05) is 13.1 Å². The summed E-state index contributed by atoms with van der Waals surface area (Å²) >= 11 is 0. The van der Waals surface area contributed by atoms with Gasteiger partial charge in [0.05, 0.1) is 4.92 Å². The Bertz CT molecular complexity index is 459. The van der Waals surface area contributed by atoms with Crippen molar-refractivity contribution >= 4 is 0 Å². The lowest BCUT2D eigenvalue weighted by Crippen LogP contribution is -2.21. The van der Waals surface area contributed by atoms with E-state index in [0.29, 0.717) is 12.4 Å². The van der Waals surface area contributed by atoms with Crippen molar-refractivity contribution in [3.63, 3.8) is 0 Å². The standard InChI is InChI=1S/C11H14N4O2/c1-9-2-3-12-6-10(9)7-14-5-4-13-11(14)8-15(16)17/h2-3,6,8,13H,4-5,7H2,1H3/b11-8-. The van der Waals surface area contributed by atoms with Crippen LogP contribution in [-0.2, 0) is 6.54 Å². The zero-order chi connectivity index (χ0) is 12.3. The van der Waals surface area contributed by atoms with E-state index < -0.39 is 4.92 Å². The molecule has 6 nitrogen and oxygen atoms in total. The lowest BCUT2D eigenvalue weighted by Gasteiger charge is -2.17. The van der Waals surface area contributed by atoms with Gasteiger partial charge in [-0.3, -0.25) is 15.1 Å². The first kappa shape index (κ1) is 11.4. The van der Waals surface area contributed by atoms with Gasteiger partial charge in [0.15, 0.2) is 5.82 Å². The zero-order valence-corrected chi connectivity index (χ0v) is 9.59. The molecule has 1 N–H and O–H groups in total. The van der Waals surface area contributed by atoms with E-state index in [9.17, 15) is 10.1 Å². The van der Waals surface area contributed by atoms with Crippen LogP contribution in [0.4, 0.5) is 0 Å². The summed E-state index contributed by atoms with van der Waals surface area (Å²) in [4.78, 5) is 16.1. The summed E-state index contributed by atoms with van der Waals surface area (Å²) in [5.41, 5.74) is 2.23. The molecule has 0 atom stereocenters. The van der Waals surface area contributed by atoms with Crippen LogP contribution in [0.25, 0.3) is 0 Å². The molecule has 1 saturated heterocycles. The van der Waals surface area contributed by atoms with Gasteiger partial charge in [-0.25, -0.2) is 0 Å². The van der Waals surface area contributed by atoms with Gasteiger partial charge in [0.2, 0.25) is 0 Å². The monoisotopic (exact) mass is 234 g/mol. The number of nitro groups is 1. The number of rotatable bonds is 3. The Morgan fingerprint density at radius 1 is 1.71 bits per heavy atom. The van der Waals surface area contributed by atoms with Crippen molar-refractivity contribution in [3.05, 3.63) is 51.7 Å². The van der Waals surface area contributed by atoms with Crippen molar-refractivity contribution in [1.29, 1.82) is 0 Å². The normalized spacial score (nSPS) is 17.2. The first-order chi connectivity index (χ1) is 8.16. The Labute approximate surface area is 99.1 Å². The first-order valence-corrected chi connectivity index (χ1v) is 5.40. The second kappa shape index (κ2) is 4.82. The quantitative estimate of drug-likeness (QED) is 0.620. The highest BCUT2D eigenvalue weighted by molar-refractivity contribution is 5.22. The molecule has 90 valence electrons. The van der Waals surface area contributed by atoms with Gasteiger partial charge in [0.1, 0.15) is 0 Å². The van der Waals surface area contributed by atoms with Crippen LogP contribution in [0.2, 0.25) is 0 Å². The fourth-order valence-electron chi connectivity index (χ4n) is 1.81. The van der Waals surface area contributed by atoms with Crippen LogP contribution in [0.15, 0.2) is 30.5 Å². The van der Waals surface area contributed by atoms with Crippen LogP contribution >= 0.6 is 0 Å². The molecular formula is C11H14N4O2. The molecule has 0 bridgehead atoms. The van der Waals surface area contributed by atoms with Gasteiger partial charge in [-0.15, -0.1) is 0 Å². The van der Waals surface area contributed by atoms with Crippen molar-refractivity contribution in [2.24, 2.45) is 0 Å². The van der Waals surface area contributed by atoms with Crippen molar-refractivity contribution in [3.8, 4) is 0 Å². The maximum Gasteiger partial charge on any atom is 0.274 e. The fourth-order valence-corrected chi connectivity index (χ4v) is 1.81. The number of pyridine rings is 1. The highest BCUT2D eigenvalue weighted by Gasteiger charge is 2.19.